The number of aromatic amines is 1. The highest BCUT2D eigenvalue weighted by Gasteiger charge is 2.24. The molecule has 0 atom stereocenters. The Morgan fingerprint density at radius 2 is 1.78 bits per heavy atom. The summed E-state index contributed by atoms with van der Waals surface area (Å²) in [4.78, 5) is 39.2. The molecule has 1 amide bonds. The molecule has 1 heterocycles. The molecule has 0 bridgehead atoms. The summed E-state index contributed by atoms with van der Waals surface area (Å²) in [5.41, 5.74) is 1.76. The number of amides is 1. The first-order valence-electron chi connectivity index (χ1n) is 8.35. The number of anilines is 1. The van der Waals surface area contributed by atoms with E-state index in [9.17, 15) is 14.4 Å². The van der Waals surface area contributed by atoms with E-state index in [1.54, 1.807) is 45.0 Å². The van der Waals surface area contributed by atoms with Gasteiger partial charge in [0.1, 0.15) is 11.4 Å². The van der Waals surface area contributed by atoms with Crippen molar-refractivity contribution < 1.29 is 28.6 Å². The molecule has 8 heteroatoms. The van der Waals surface area contributed by atoms with E-state index in [0.29, 0.717) is 22.7 Å². The molecule has 0 saturated carbocycles. The number of hydrogen-bond donors (Lipinski definition) is 2. The van der Waals surface area contributed by atoms with Crippen molar-refractivity contribution in [2.45, 2.75) is 20.8 Å². The minimum atomic E-state index is -0.702. The lowest BCUT2D eigenvalue weighted by Crippen LogP contribution is -2.21. The van der Waals surface area contributed by atoms with Crippen molar-refractivity contribution in [1.29, 1.82) is 0 Å². The number of esters is 2. The number of aromatic nitrogens is 1. The number of nitrogens with one attached hydrogen (secondary N) is 2. The van der Waals surface area contributed by atoms with Crippen LogP contribution in [0.1, 0.15) is 39.0 Å². The molecular formula is C19H22N2O6. The molecular weight excluding hydrogens is 352 g/mol. The Morgan fingerprint density at radius 1 is 1.07 bits per heavy atom. The van der Waals surface area contributed by atoms with Gasteiger partial charge < -0.3 is 24.5 Å². The lowest BCUT2D eigenvalue weighted by Gasteiger charge is -2.10. The number of carbonyl (C=O) groups excluding carboxylic acids is 3. The number of methoxy groups -OCH3 is 1. The van der Waals surface area contributed by atoms with Gasteiger partial charge in [-0.15, -0.1) is 0 Å². The SMILES string of the molecule is CCOC(=O)c1[nH]c(C)c(C(=O)OCC(=O)Nc2ccccc2OC)c1C. The summed E-state index contributed by atoms with van der Waals surface area (Å²) in [6, 6.07) is 6.89. The summed E-state index contributed by atoms with van der Waals surface area (Å²) >= 11 is 0. The van der Waals surface area contributed by atoms with E-state index in [4.69, 9.17) is 14.2 Å². The van der Waals surface area contributed by atoms with E-state index in [1.807, 2.05) is 0 Å². The van der Waals surface area contributed by atoms with Gasteiger partial charge in [-0.25, -0.2) is 9.59 Å². The van der Waals surface area contributed by atoms with Gasteiger partial charge >= 0.3 is 11.9 Å². The molecule has 0 radical (unpaired) electrons. The molecule has 0 aliphatic rings. The van der Waals surface area contributed by atoms with Gasteiger partial charge in [0.15, 0.2) is 6.61 Å². The normalized spacial score (nSPS) is 10.2. The molecule has 1 aromatic carbocycles. The third-order valence-electron chi connectivity index (χ3n) is 3.84. The van der Waals surface area contributed by atoms with Gasteiger partial charge in [0.2, 0.25) is 0 Å². The van der Waals surface area contributed by atoms with Crippen molar-refractivity contribution in [3.8, 4) is 5.75 Å². The van der Waals surface area contributed by atoms with Crippen molar-refractivity contribution in [2.24, 2.45) is 0 Å². The molecule has 144 valence electrons. The number of rotatable bonds is 7. The largest absolute Gasteiger partial charge is 0.495 e. The monoisotopic (exact) mass is 374 g/mol. The third kappa shape index (κ3) is 4.66. The maximum absolute atomic E-state index is 12.4. The molecule has 8 nitrogen and oxygen atoms in total. The average Bonchev–Trinajstić information content (AvgIpc) is 2.95. The molecule has 0 aliphatic carbocycles. The van der Waals surface area contributed by atoms with Gasteiger partial charge in [0, 0.05) is 5.69 Å². The van der Waals surface area contributed by atoms with E-state index in [0.717, 1.165) is 0 Å². The van der Waals surface area contributed by atoms with Crippen molar-refractivity contribution in [3.05, 3.63) is 46.8 Å². The summed E-state index contributed by atoms with van der Waals surface area (Å²) in [5.74, 6) is -1.27. The van der Waals surface area contributed by atoms with Crippen LogP contribution in [-0.2, 0) is 14.3 Å². The van der Waals surface area contributed by atoms with E-state index < -0.39 is 24.5 Å². The van der Waals surface area contributed by atoms with E-state index in [2.05, 4.69) is 10.3 Å². The number of benzene rings is 1. The first kappa shape index (κ1) is 20.0. The Labute approximate surface area is 156 Å². The topological polar surface area (TPSA) is 107 Å². The lowest BCUT2D eigenvalue weighted by molar-refractivity contribution is -0.119. The Morgan fingerprint density at radius 3 is 2.44 bits per heavy atom. The van der Waals surface area contributed by atoms with Crippen LogP contribution in [0.5, 0.6) is 5.75 Å². The Balaban J connectivity index is 2.03. The Kier molecular flexibility index (Phi) is 6.59. The summed E-state index contributed by atoms with van der Waals surface area (Å²) in [5, 5.41) is 2.61. The van der Waals surface area contributed by atoms with Crippen LogP contribution in [0, 0.1) is 13.8 Å². The molecule has 0 spiro atoms. The first-order valence-corrected chi connectivity index (χ1v) is 8.35. The zero-order valence-electron chi connectivity index (χ0n) is 15.7. The fourth-order valence-electron chi connectivity index (χ4n) is 2.60. The quantitative estimate of drug-likeness (QED) is 0.722. The Bertz CT molecular complexity index is 856. The van der Waals surface area contributed by atoms with Crippen LogP contribution >= 0.6 is 0 Å². The van der Waals surface area contributed by atoms with Gasteiger partial charge in [-0.05, 0) is 38.5 Å². The second-order valence-corrected chi connectivity index (χ2v) is 5.67. The highest BCUT2D eigenvalue weighted by molar-refractivity contribution is 6.00. The minimum absolute atomic E-state index is 0.194. The van der Waals surface area contributed by atoms with E-state index in [-0.39, 0.29) is 17.9 Å². The molecule has 2 aromatic rings. The number of hydrogen-bond acceptors (Lipinski definition) is 6. The third-order valence-corrected chi connectivity index (χ3v) is 3.84. The van der Waals surface area contributed by atoms with Crippen molar-refractivity contribution in [2.75, 3.05) is 25.6 Å². The average molecular weight is 374 g/mol. The summed E-state index contributed by atoms with van der Waals surface area (Å²) < 4.78 is 15.2. The number of H-pyrrole nitrogens is 1. The highest BCUT2D eigenvalue weighted by atomic mass is 16.5. The number of aryl methyl sites for hydroxylation is 1. The smallest absolute Gasteiger partial charge is 0.355 e. The molecule has 0 saturated heterocycles. The number of ether oxygens (including phenoxy) is 3. The molecule has 27 heavy (non-hydrogen) atoms. The second-order valence-electron chi connectivity index (χ2n) is 5.67. The van der Waals surface area contributed by atoms with Crippen molar-refractivity contribution in [1.82, 2.24) is 4.98 Å². The molecule has 1 aromatic heterocycles. The van der Waals surface area contributed by atoms with E-state index in [1.165, 1.54) is 7.11 Å². The minimum Gasteiger partial charge on any atom is -0.495 e. The van der Waals surface area contributed by atoms with Crippen LogP contribution in [0.4, 0.5) is 5.69 Å². The van der Waals surface area contributed by atoms with Gasteiger partial charge in [-0.3, -0.25) is 4.79 Å². The molecule has 0 unspecified atom stereocenters. The van der Waals surface area contributed by atoms with Gasteiger partial charge in [-0.2, -0.15) is 0 Å². The van der Waals surface area contributed by atoms with E-state index >= 15 is 0 Å². The number of carbonyl (C=O) groups is 3. The summed E-state index contributed by atoms with van der Waals surface area (Å²) in [6.07, 6.45) is 0. The second kappa shape index (κ2) is 8.88. The van der Waals surface area contributed by atoms with Crippen LogP contribution in [0.3, 0.4) is 0 Å². The maximum atomic E-state index is 12.4. The van der Waals surface area contributed by atoms with Crippen LogP contribution in [0.2, 0.25) is 0 Å². The number of para-hydroxylation sites is 2. The van der Waals surface area contributed by atoms with Crippen LogP contribution in [0.25, 0.3) is 0 Å². The van der Waals surface area contributed by atoms with Crippen molar-refractivity contribution >= 4 is 23.5 Å². The molecule has 2 N–H and O–H groups in total. The first-order chi connectivity index (χ1) is 12.9. The summed E-state index contributed by atoms with van der Waals surface area (Å²) in [7, 11) is 1.49. The molecule has 0 aliphatic heterocycles. The fourth-order valence-corrected chi connectivity index (χ4v) is 2.60. The van der Waals surface area contributed by atoms with Crippen LogP contribution in [0.15, 0.2) is 24.3 Å². The molecule has 2 rings (SSSR count). The fraction of sp³-hybridized carbons (Fsp3) is 0.316. The highest BCUT2D eigenvalue weighted by Crippen LogP contribution is 2.23. The van der Waals surface area contributed by atoms with Gasteiger partial charge in [0.25, 0.3) is 5.91 Å². The lowest BCUT2D eigenvalue weighted by atomic mass is 10.1. The van der Waals surface area contributed by atoms with Crippen LogP contribution < -0.4 is 10.1 Å². The van der Waals surface area contributed by atoms with Crippen LogP contribution in [-0.4, -0.2) is 43.2 Å². The zero-order valence-corrected chi connectivity index (χ0v) is 15.7. The Hall–Kier alpha value is -3.29. The maximum Gasteiger partial charge on any atom is 0.355 e. The molecule has 0 fully saturated rings. The van der Waals surface area contributed by atoms with Gasteiger partial charge in [-0.1, -0.05) is 12.1 Å². The summed E-state index contributed by atoms with van der Waals surface area (Å²) in [6.45, 7) is 4.69. The predicted octanol–water partition coefficient (Wildman–Crippen LogP) is 2.61. The zero-order chi connectivity index (χ0) is 20.0. The van der Waals surface area contributed by atoms with Crippen molar-refractivity contribution in [3.63, 3.8) is 0 Å². The standard InChI is InChI=1S/C19H22N2O6/c1-5-26-19(24)17-11(2)16(12(3)20-17)18(23)27-10-15(22)21-13-8-6-7-9-14(13)25-4/h6-9,20H,5,10H2,1-4H3,(H,21,22). The van der Waals surface area contributed by atoms with Gasteiger partial charge in [0.05, 0.1) is 25.0 Å². The predicted molar refractivity (Wildman–Crippen MR) is 98.1 cm³/mol.